The van der Waals surface area contributed by atoms with E-state index in [-0.39, 0.29) is 0 Å². The third-order valence-electron chi connectivity index (χ3n) is 3.06. The van der Waals surface area contributed by atoms with Crippen LogP contribution in [0.2, 0.25) is 0 Å². The molecule has 1 fully saturated rings. The predicted molar refractivity (Wildman–Crippen MR) is 64.9 cm³/mol. The number of hydrogen-bond acceptors (Lipinski definition) is 3. The topological polar surface area (TPSA) is 29.0 Å². The van der Waals surface area contributed by atoms with E-state index in [9.17, 15) is 0 Å². The smallest absolute Gasteiger partial charge is 0.146 e. The van der Waals surface area contributed by atoms with Crippen molar-refractivity contribution in [3.05, 3.63) is 17.0 Å². The van der Waals surface area contributed by atoms with Crippen molar-refractivity contribution in [2.75, 3.05) is 11.4 Å². The SMILES string of the molecule is CC1CCN(c2ncncc2Br)C(C)C1. The largest absolute Gasteiger partial charge is 0.353 e. The fourth-order valence-corrected chi connectivity index (χ4v) is 2.69. The third kappa shape index (κ3) is 2.30. The Labute approximate surface area is 99.0 Å². The Balaban J connectivity index is 2.20. The van der Waals surface area contributed by atoms with Crippen molar-refractivity contribution < 1.29 is 0 Å². The highest BCUT2D eigenvalue weighted by molar-refractivity contribution is 9.10. The summed E-state index contributed by atoms with van der Waals surface area (Å²) in [5.41, 5.74) is 0. The van der Waals surface area contributed by atoms with Crippen LogP contribution in [0.25, 0.3) is 0 Å². The molecule has 1 aliphatic heterocycles. The fraction of sp³-hybridized carbons (Fsp3) is 0.636. The highest BCUT2D eigenvalue weighted by Gasteiger charge is 2.24. The summed E-state index contributed by atoms with van der Waals surface area (Å²) in [7, 11) is 0. The maximum Gasteiger partial charge on any atom is 0.146 e. The van der Waals surface area contributed by atoms with Crippen LogP contribution in [0.3, 0.4) is 0 Å². The average molecular weight is 270 g/mol. The fourth-order valence-electron chi connectivity index (χ4n) is 2.24. The zero-order chi connectivity index (χ0) is 10.8. The minimum absolute atomic E-state index is 0.569. The van der Waals surface area contributed by atoms with E-state index in [1.165, 1.54) is 12.8 Å². The van der Waals surface area contributed by atoms with E-state index in [1.807, 2.05) is 6.20 Å². The second-order valence-electron chi connectivity index (χ2n) is 4.37. The van der Waals surface area contributed by atoms with Crippen molar-refractivity contribution in [1.29, 1.82) is 0 Å². The van der Waals surface area contributed by atoms with Crippen molar-refractivity contribution in [2.24, 2.45) is 5.92 Å². The van der Waals surface area contributed by atoms with Gasteiger partial charge in [0.1, 0.15) is 12.1 Å². The quantitative estimate of drug-likeness (QED) is 0.785. The summed E-state index contributed by atoms with van der Waals surface area (Å²) in [4.78, 5) is 10.7. The maximum atomic E-state index is 4.35. The lowest BCUT2D eigenvalue weighted by Crippen LogP contribution is -2.40. The molecule has 4 heteroatoms. The van der Waals surface area contributed by atoms with Gasteiger partial charge in [0, 0.05) is 18.8 Å². The van der Waals surface area contributed by atoms with Crippen molar-refractivity contribution >= 4 is 21.7 Å². The van der Waals surface area contributed by atoms with Gasteiger partial charge < -0.3 is 4.90 Å². The van der Waals surface area contributed by atoms with Gasteiger partial charge in [0.25, 0.3) is 0 Å². The molecule has 3 nitrogen and oxygen atoms in total. The summed E-state index contributed by atoms with van der Waals surface area (Å²) in [6, 6.07) is 0.569. The van der Waals surface area contributed by atoms with Crippen molar-refractivity contribution in [2.45, 2.75) is 32.7 Å². The molecule has 1 aliphatic rings. The van der Waals surface area contributed by atoms with E-state index in [0.717, 1.165) is 22.8 Å². The number of anilines is 1. The molecule has 2 rings (SSSR count). The molecule has 0 radical (unpaired) electrons. The molecule has 0 amide bonds. The molecule has 0 aromatic carbocycles. The van der Waals surface area contributed by atoms with E-state index < -0.39 is 0 Å². The lowest BCUT2D eigenvalue weighted by molar-refractivity contribution is 0.375. The van der Waals surface area contributed by atoms with Gasteiger partial charge in [-0.2, -0.15) is 0 Å². The second kappa shape index (κ2) is 4.47. The number of nitrogens with zero attached hydrogens (tertiary/aromatic N) is 3. The van der Waals surface area contributed by atoms with E-state index in [2.05, 4.69) is 44.6 Å². The van der Waals surface area contributed by atoms with Gasteiger partial charge in [-0.05, 0) is 41.6 Å². The van der Waals surface area contributed by atoms with Crippen LogP contribution in [0.15, 0.2) is 17.0 Å². The summed E-state index contributed by atoms with van der Waals surface area (Å²) in [5, 5.41) is 0. The highest BCUT2D eigenvalue weighted by Crippen LogP contribution is 2.30. The Morgan fingerprint density at radius 1 is 1.47 bits per heavy atom. The van der Waals surface area contributed by atoms with Crippen molar-refractivity contribution in [1.82, 2.24) is 9.97 Å². The van der Waals surface area contributed by atoms with E-state index in [1.54, 1.807) is 6.33 Å². The van der Waals surface area contributed by atoms with Gasteiger partial charge in [0.05, 0.1) is 4.47 Å². The van der Waals surface area contributed by atoms with E-state index in [0.29, 0.717) is 6.04 Å². The lowest BCUT2D eigenvalue weighted by Gasteiger charge is -2.37. The van der Waals surface area contributed by atoms with Crippen LogP contribution in [-0.4, -0.2) is 22.6 Å². The Morgan fingerprint density at radius 3 is 2.93 bits per heavy atom. The van der Waals surface area contributed by atoms with Crippen LogP contribution < -0.4 is 4.90 Å². The summed E-state index contributed by atoms with van der Waals surface area (Å²) in [5.74, 6) is 1.86. The van der Waals surface area contributed by atoms with Gasteiger partial charge in [-0.15, -0.1) is 0 Å². The van der Waals surface area contributed by atoms with Crippen molar-refractivity contribution in [3.63, 3.8) is 0 Å². The number of piperidine rings is 1. The molecular formula is C11H16BrN3. The van der Waals surface area contributed by atoms with E-state index in [4.69, 9.17) is 0 Å². The zero-order valence-corrected chi connectivity index (χ0v) is 10.7. The Bertz CT molecular complexity index is 342. The molecule has 1 saturated heterocycles. The van der Waals surface area contributed by atoms with Crippen LogP contribution in [0, 0.1) is 5.92 Å². The lowest BCUT2D eigenvalue weighted by atomic mass is 9.93. The third-order valence-corrected chi connectivity index (χ3v) is 3.62. The van der Waals surface area contributed by atoms with Crippen LogP contribution in [0.1, 0.15) is 26.7 Å². The minimum Gasteiger partial charge on any atom is -0.353 e. The van der Waals surface area contributed by atoms with Crippen LogP contribution in [-0.2, 0) is 0 Å². The molecule has 1 aromatic heterocycles. The molecular weight excluding hydrogens is 254 g/mol. The molecule has 0 saturated carbocycles. The van der Waals surface area contributed by atoms with Gasteiger partial charge in [-0.3, -0.25) is 0 Å². The van der Waals surface area contributed by atoms with E-state index >= 15 is 0 Å². The summed E-state index contributed by atoms with van der Waals surface area (Å²) in [6.07, 6.45) is 5.93. The number of rotatable bonds is 1. The molecule has 2 atom stereocenters. The summed E-state index contributed by atoms with van der Waals surface area (Å²) in [6.45, 7) is 5.69. The standard InChI is InChI=1S/C11H16BrN3/c1-8-3-4-15(9(2)5-8)11-10(12)6-13-7-14-11/h6-9H,3-5H2,1-2H3. The van der Waals surface area contributed by atoms with Gasteiger partial charge in [0.2, 0.25) is 0 Å². The monoisotopic (exact) mass is 269 g/mol. The highest BCUT2D eigenvalue weighted by atomic mass is 79.9. The Morgan fingerprint density at radius 2 is 2.27 bits per heavy atom. The number of halogens is 1. The number of hydrogen-bond donors (Lipinski definition) is 0. The second-order valence-corrected chi connectivity index (χ2v) is 5.22. The predicted octanol–water partition coefficient (Wildman–Crippen LogP) is 2.86. The normalized spacial score (nSPS) is 26.7. The van der Waals surface area contributed by atoms with Crippen LogP contribution in [0.5, 0.6) is 0 Å². The van der Waals surface area contributed by atoms with Crippen LogP contribution >= 0.6 is 15.9 Å². The molecule has 1 aromatic rings. The molecule has 15 heavy (non-hydrogen) atoms. The first-order valence-electron chi connectivity index (χ1n) is 5.40. The summed E-state index contributed by atoms with van der Waals surface area (Å²) >= 11 is 3.51. The van der Waals surface area contributed by atoms with Crippen LogP contribution in [0.4, 0.5) is 5.82 Å². The van der Waals surface area contributed by atoms with Crippen molar-refractivity contribution in [3.8, 4) is 0 Å². The van der Waals surface area contributed by atoms with Gasteiger partial charge >= 0.3 is 0 Å². The Kier molecular flexibility index (Phi) is 3.24. The first-order chi connectivity index (χ1) is 7.18. The molecule has 2 heterocycles. The molecule has 0 N–H and O–H groups in total. The molecule has 0 bridgehead atoms. The first-order valence-corrected chi connectivity index (χ1v) is 6.20. The molecule has 2 unspecified atom stereocenters. The summed E-state index contributed by atoms with van der Waals surface area (Å²) < 4.78 is 0.992. The van der Waals surface area contributed by atoms with Gasteiger partial charge in [-0.25, -0.2) is 9.97 Å². The zero-order valence-electron chi connectivity index (χ0n) is 9.15. The Hall–Kier alpha value is -0.640. The van der Waals surface area contributed by atoms with Gasteiger partial charge in [0.15, 0.2) is 0 Å². The first kappa shape index (κ1) is 10.9. The average Bonchev–Trinajstić information content (AvgIpc) is 2.20. The molecule has 82 valence electrons. The molecule has 0 aliphatic carbocycles. The van der Waals surface area contributed by atoms with Gasteiger partial charge in [-0.1, -0.05) is 6.92 Å². The molecule has 0 spiro atoms. The number of aromatic nitrogens is 2. The maximum absolute atomic E-state index is 4.35. The minimum atomic E-state index is 0.569.